The third-order valence-electron chi connectivity index (χ3n) is 7.14. The maximum absolute atomic E-state index is 13.0. The number of hydrogen-bond donors (Lipinski definition) is 0. The summed E-state index contributed by atoms with van der Waals surface area (Å²) in [5.74, 6) is 1.19. The molecular formula is C25H41NO5S2. The highest BCUT2D eigenvalue weighted by molar-refractivity contribution is 7.92. The first-order valence-electron chi connectivity index (χ1n) is 12.2. The van der Waals surface area contributed by atoms with Gasteiger partial charge < -0.3 is 4.74 Å². The smallest absolute Gasteiger partial charge is 0.243 e. The lowest BCUT2D eigenvalue weighted by atomic mass is 9.80. The van der Waals surface area contributed by atoms with Crippen LogP contribution in [-0.4, -0.2) is 56.9 Å². The minimum Gasteiger partial charge on any atom is -0.373 e. The van der Waals surface area contributed by atoms with Crippen molar-refractivity contribution in [3.05, 3.63) is 29.8 Å². The predicted octanol–water partition coefficient (Wildman–Crippen LogP) is 4.44. The van der Waals surface area contributed by atoms with Crippen LogP contribution in [0.3, 0.4) is 0 Å². The highest BCUT2D eigenvalue weighted by atomic mass is 32.2. The zero-order valence-electron chi connectivity index (χ0n) is 20.8. The van der Waals surface area contributed by atoms with Crippen molar-refractivity contribution in [1.29, 1.82) is 0 Å². The molecule has 6 nitrogen and oxygen atoms in total. The van der Waals surface area contributed by atoms with Crippen molar-refractivity contribution in [2.45, 2.75) is 95.0 Å². The molecule has 33 heavy (non-hydrogen) atoms. The van der Waals surface area contributed by atoms with Crippen LogP contribution in [0.1, 0.15) is 72.3 Å². The van der Waals surface area contributed by atoms with Gasteiger partial charge in [-0.3, -0.25) is 0 Å². The first kappa shape index (κ1) is 26.6. The first-order chi connectivity index (χ1) is 15.3. The Labute approximate surface area is 201 Å². The SMILES string of the molecule is C[C@@H]1CN(S(=O)(=O)c2ccc(CCC3CCC(CS(=O)(=O)C(C)(C)C)CC3)cc2)C[C@H](C)O1. The minimum absolute atomic E-state index is 0.105. The normalized spacial score (nSPS) is 28.0. The van der Waals surface area contributed by atoms with Crippen LogP contribution in [0.15, 0.2) is 29.2 Å². The van der Waals surface area contributed by atoms with Gasteiger partial charge in [-0.05, 0) is 89.8 Å². The lowest BCUT2D eigenvalue weighted by Crippen LogP contribution is -2.48. The molecule has 3 rings (SSSR count). The molecule has 0 unspecified atom stereocenters. The van der Waals surface area contributed by atoms with E-state index >= 15 is 0 Å². The fourth-order valence-corrected chi connectivity index (χ4v) is 7.97. The summed E-state index contributed by atoms with van der Waals surface area (Å²) in [6, 6.07) is 7.32. The number of rotatable bonds is 7. The third-order valence-corrected chi connectivity index (χ3v) is 11.8. The van der Waals surface area contributed by atoms with Gasteiger partial charge in [0, 0.05) is 13.1 Å². The summed E-state index contributed by atoms with van der Waals surface area (Å²) in [5, 5.41) is 0. The van der Waals surface area contributed by atoms with E-state index in [-0.39, 0.29) is 18.1 Å². The molecule has 1 aromatic rings. The first-order valence-corrected chi connectivity index (χ1v) is 15.3. The van der Waals surface area contributed by atoms with Crippen molar-refractivity contribution in [2.24, 2.45) is 11.8 Å². The summed E-state index contributed by atoms with van der Waals surface area (Å²) < 4.78 is 57.5. The summed E-state index contributed by atoms with van der Waals surface area (Å²) in [5.41, 5.74) is 1.15. The molecule has 2 aliphatic rings. The summed E-state index contributed by atoms with van der Waals surface area (Å²) in [4.78, 5) is 0.341. The van der Waals surface area contributed by atoms with Gasteiger partial charge in [-0.25, -0.2) is 16.8 Å². The Balaban J connectivity index is 1.49. The van der Waals surface area contributed by atoms with Crippen LogP contribution >= 0.6 is 0 Å². The van der Waals surface area contributed by atoms with Gasteiger partial charge in [0.25, 0.3) is 0 Å². The number of hydrogen-bond acceptors (Lipinski definition) is 5. The maximum atomic E-state index is 13.0. The fourth-order valence-electron chi connectivity index (χ4n) is 4.92. The van der Waals surface area contributed by atoms with Gasteiger partial charge in [-0.15, -0.1) is 0 Å². The lowest BCUT2D eigenvalue weighted by molar-refractivity contribution is -0.0440. The van der Waals surface area contributed by atoms with Crippen LogP contribution in [0.5, 0.6) is 0 Å². The molecule has 1 saturated carbocycles. The van der Waals surface area contributed by atoms with Crippen molar-refractivity contribution in [3.63, 3.8) is 0 Å². The summed E-state index contributed by atoms with van der Waals surface area (Å²) in [6.07, 6.45) is 5.87. The topological polar surface area (TPSA) is 80.8 Å². The maximum Gasteiger partial charge on any atom is 0.243 e. The quantitative estimate of drug-likeness (QED) is 0.554. The van der Waals surface area contributed by atoms with E-state index in [0.29, 0.717) is 29.7 Å². The highest BCUT2D eigenvalue weighted by Crippen LogP contribution is 2.34. The number of morpholine rings is 1. The Morgan fingerprint density at radius 2 is 1.39 bits per heavy atom. The average molecular weight is 500 g/mol. The molecule has 2 fully saturated rings. The van der Waals surface area contributed by atoms with Gasteiger partial charge in [-0.1, -0.05) is 25.0 Å². The molecule has 2 atom stereocenters. The Morgan fingerprint density at radius 3 is 1.91 bits per heavy atom. The number of nitrogens with zero attached hydrogens (tertiary/aromatic N) is 1. The van der Waals surface area contributed by atoms with E-state index in [1.54, 1.807) is 32.9 Å². The molecular weight excluding hydrogens is 458 g/mol. The zero-order valence-corrected chi connectivity index (χ0v) is 22.4. The van der Waals surface area contributed by atoms with E-state index in [0.717, 1.165) is 44.1 Å². The van der Waals surface area contributed by atoms with E-state index in [1.807, 2.05) is 26.0 Å². The van der Waals surface area contributed by atoms with Crippen molar-refractivity contribution in [2.75, 3.05) is 18.8 Å². The second-order valence-corrected chi connectivity index (χ2v) is 15.8. The van der Waals surface area contributed by atoms with Crippen LogP contribution in [0.2, 0.25) is 0 Å². The van der Waals surface area contributed by atoms with Crippen molar-refractivity contribution in [3.8, 4) is 0 Å². The van der Waals surface area contributed by atoms with Gasteiger partial charge in [0.15, 0.2) is 9.84 Å². The predicted molar refractivity (Wildman–Crippen MR) is 133 cm³/mol. The van der Waals surface area contributed by atoms with Crippen molar-refractivity contribution in [1.82, 2.24) is 4.31 Å². The van der Waals surface area contributed by atoms with Crippen LogP contribution in [-0.2, 0) is 31.0 Å². The van der Waals surface area contributed by atoms with E-state index in [9.17, 15) is 16.8 Å². The van der Waals surface area contributed by atoms with Crippen LogP contribution in [0.4, 0.5) is 0 Å². The third kappa shape index (κ3) is 6.80. The summed E-state index contributed by atoms with van der Waals surface area (Å²) >= 11 is 0. The average Bonchev–Trinajstić information content (AvgIpc) is 2.72. The minimum atomic E-state index is -3.51. The fraction of sp³-hybridized carbons (Fsp3) is 0.760. The number of benzene rings is 1. The second-order valence-electron chi connectivity index (χ2n) is 11.0. The zero-order chi connectivity index (χ0) is 24.4. The lowest BCUT2D eigenvalue weighted by Gasteiger charge is -2.34. The van der Waals surface area contributed by atoms with Gasteiger partial charge in [-0.2, -0.15) is 4.31 Å². The van der Waals surface area contributed by atoms with Crippen molar-refractivity contribution >= 4 is 19.9 Å². The Kier molecular flexibility index (Phi) is 8.35. The molecule has 0 N–H and O–H groups in total. The van der Waals surface area contributed by atoms with Crippen LogP contribution in [0, 0.1) is 11.8 Å². The molecule has 1 aromatic carbocycles. The summed E-state index contributed by atoms with van der Waals surface area (Å²) in [7, 11) is -6.57. The molecule has 0 aromatic heterocycles. The molecule has 0 radical (unpaired) electrons. The van der Waals surface area contributed by atoms with Crippen LogP contribution < -0.4 is 0 Å². The molecule has 1 aliphatic heterocycles. The molecule has 188 valence electrons. The molecule has 0 amide bonds. The molecule has 0 spiro atoms. The Morgan fingerprint density at radius 1 is 0.879 bits per heavy atom. The largest absolute Gasteiger partial charge is 0.373 e. The number of aryl methyl sites for hydroxylation is 1. The van der Waals surface area contributed by atoms with E-state index < -0.39 is 24.6 Å². The second kappa shape index (κ2) is 10.3. The van der Waals surface area contributed by atoms with Crippen LogP contribution in [0.25, 0.3) is 0 Å². The van der Waals surface area contributed by atoms with Gasteiger partial charge in [0.2, 0.25) is 10.0 Å². The van der Waals surface area contributed by atoms with E-state index in [4.69, 9.17) is 4.74 Å². The number of sulfonamides is 1. The van der Waals surface area contributed by atoms with E-state index in [2.05, 4.69) is 0 Å². The highest BCUT2D eigenvalue weighted by Gasteiger charge is 2.34. The van der Waals surface area contributed by atoms with Gasteiger partial charge in [0.1, 0.15) is 0 Å². The molecule has 1 heterocycles. The van der Waals surface area contributed by atoms with Gasteiger partial charge in [0.05, 0.1) is 27.6 Å². The molecule has 0 bridgehead atoms. The Hall–Kier alpha value is -0.960. The number of sulfone groups is 1. The number of ether oxygens (including phenoxy) is 1. The van der Waals surface area contributed by atoms with Crippen molar-refractivity contribution < 1.29 is 21.6 Å². The summed E-state index contributed by atoms with van der Waals surface area (Å²) in [6.45, 7) is 9.92. The Bertz CT molecular complexity index is 978. The standard InChI is InChI=1S/C25H41NO5S2/c1-19-16-26(17-20(2)31-19)33(29,30)24-14-12-22(13-15-24)7-6-21-8-10-23(11-9-21)18-32(27,28)25(3,4)5/h12-15,19-21,23H,6-11,16-18H2,1-5H3/t19-,20+,21?,23?. The molecule has 8 heteroatoms. The van der Waals surface area contributed by atoms with Gasteiger partial charge >= 0.3 is 0 Å². The molecule has 1 saturated heterocycles. The van der Waals surface area contributed by atoms with E-state index in [1.165, 1.54) is 4.31 Å². The monoisotopic (exact) mass is 499 g/mol. The molecule has 1 aliphatic carbocycles.